The van der Waals surface area contributed by atoms with Crippen molar-refractivity contribution in [1.82, 2.24) is 39.0 Å². The lowest BCUT2D eigenvalue weighted by Gasteiger charge is -2.40. The number of carbonyl (C=O) groups excluding carboxylic acids is 2. The normalized spacial score (nSPS) is 23.5. The lowest BCUT2D eigenvalue weighted by molar-refractivity contribution is -0.118. The Kier molecular flexibility index (Phi) is 17.4. The molecule has 31 heteroatoms. The first-order valence-electron chi connectivity index (χ1n) is 22.9. The second kappa shape index (κ2) is 23.2. The van der Waals surface area contributed by atoms with Crippen LogP contribution in [0.2, 0.25) is 18.1 Å². The van der Waals surface area contributed by atoms with Crippen LogP contribution in [-0.4, -0.2) is 126 Å². The Bertz CT molecular complexity index is 3010. The molecule has 0 spiro atoms. The third-order valence-electron chi connectivity index (χ3n) is 12.5. The predicted molar refractivity (Wildman–Crippen MR) is 261 cm³/mol. The maximum atomic E-state index is 15.2. The second-order valence-corrected chi connectivity index (χ2v) is 25.9. The first-order chi connectivity index (χ1) is 34.7. The number of H-pyrrole nitrogens is 1. The van der Waals surface area contributed by atoms with Crippen molar-refractivity contribution < 1.29 is 60.7 Å². The molecular weight excluding hydrogens is 1010 g/mol. The molecule has 6 heterocycles. The van der Waals surface area contributed by atoms with Gasteiger partial charge in [-0.3, -0.25) is 52.0 Å². The van der Waals surface area contributed by atoms with Crippen molar-refractivity contribution in [2.45, 2.75) is 109 Å². The minimum atomic E-state index is -5.00. The van der Waals surface area contributed by atoms with Crippen LogP contribution in [0, 0.1) is 23.2 Å². The number of aliphatic hydroxyl groups is 1. The number of hydrogen-bond acceptors (Lipinski definition) is 20. The molecule has 7 rings (SSSR count). The van der Waals surface area contributed by atoms with Gasteiger partial charge in [0.25, 0.3) is 11.5 Å². The number of hydrogen-bond donors (Lipinski definition) is 5. The molecule has 2 unspecified atom stereocenters. The van der Waals surface area contributed by atoms with Crippen LogP contribution in [0.25, 0.3) is 32.8 Å². The van der Waals surface area contributed by atoms with E-state index in [1.165, 1.54) is 28.1 Å². The zero-order chi connectivity index (χ0) is 52.8. The van der Waals surface area contributed by atoms with E-state index < -0.39 is 121 Å². The molecule has 0 radical (unpaired) electrons. The summed E-state index contributed by atoms with van der Waals surface area (Å²) in [6, 6.07) is 10.3. The molecule has 2 amide bonds. The van der Waals surface area contributed by atoms with Crippen LogP contribution in [0.5, 0.6) is 0 Å². The Hall–Kier alpha value is -5.82. The molecule has 2 fully saturated rings. The van der Waals surface area contributed by atoms with Crippen LogP contribution < -0.4 is 16.2 Å². The minimum absolute atomic E-state index is 0.0222. The summed E-state index contributed by atoms with van der Waals surface area (Å²) >= 11 is 0. The van der Waals surface area contributed by atoms with Crippen LogP contribution >= 0.6 is 16.1 Å². The summed E-state index contributed by atoms with van der Waals surface area (Å²) in [5, 5.41) is 28.6. The number of imidazole rings is 2. The van der Waals surface area contributed by atoms with Gasteiger partial charge in [-0.15, -0.1) is 0 Å². The number of benzene rings is 1. The number of amides is 2. The second-order valence-electron chi connectivity index (χ2n) is 18.7. The highest BCUT2D eigenvalue weighted by Gasteiger charge is 2.55. The third kappa shape index (κ3) is 12.4. The maximum absolute atomic E-state index is 15.2. The van der Waals surface area contributed by atoms with Gasteiger partial charge in [0.1, 0.15) is 30.7 Å². The molecule has 10 atom stereocenters. The van der Waals surface area contributed by atoms with Gasteiger partial charge in [0.2, 0.25) is 11.9 Å². The van der Waals surface area contributed by atoms with E-state index in [4.69, 9.17) is 37.5 Å². The molecule has 2 aliphatic rings. The molecule has 2 aliphatic heterocycles. The fourth-order valence-corrected chi connectivity index (χ4v) is 11.0. The summed E-state index contributed by atoms with van der Waals surface area (Å²) in [6.07, 6.45) is -5.78. The molecule has 392 valence electrons. The standard InChI is InChI=1S/C42H56N14O14P2Si/c1-23(2)36(58)52-41-51-35-29(38(60)53-41)48-22-56(35)39-30(25(14-16-49-54-44)26(18-57)66-39)69-72(63,64-17-11-15-43)65-19-27-31(68-71(61)62)32(70-73(6,7)42(3,4)5)40(67-27)55-21-47-28-33(45-20-46-34(28)55)50-37(59)24-12-9-8-10-13-24/h8-10,12-13,20-23,25-27,30-32,39-40,57,71H,11,14,16-19H2,1-7H3,(H,61,62)(H,45,46,50,59)(H2,51,52,53,58,60)/t25-,26-,27-,30-,31-,32-,39-,40-,72?/m1/s1. The molecule has 1 aromatic carbocycles. The number of aromatic nitrogens is 8. The minimum Gasteiger partial charge on any atom is -0.407 e. The third-order valence-corrected chi connectivity index (χ3v) is 19.0. The molecule has 5 aromatic rings. The zero-order valence-corrected chi connectivity index (χ0v) is 43.6. The number of phosphoric ester groups is 1. The van der Waals surface area contributed by atoms with Crippen LogP contribution in [0.1, 0.15) is 70.3 Å². The lowest BCUT2D eigenvalue weighted by atomic mass is 9.94. The number of aliphatic hydroxyl groups excluding tert-OH is 1. The molecule has 4 aromatic heterocycles. The van der Waals surface area contributed by atoms with E-state index in [0.29, 0.717) is 5.56 Å². The fraction of sp³-hybridized carbons (Fsp3) is 0.548. The molecule has 5 N–H and O–H groups in total. The average Bonchev–Trinajstić information content (AvgIpc) is 4.12. The molecule has 0 saturated carbocycles. The molecule has 73 heavy (non-hydrogen) atoms. The zero-order valence-electron chi connectivity index (χ0n) is 40.7. The number of anilines is 2. The Labute approximate surface area is 418 Å². The van der Waals surface area contributed by atoms with E-state index >= 15 is 4.57 Å². The monoisotopic (exact) mass is 1070 g/mol. The van der Waals surface area contributed by atoms with Gasteiger partial charge in [-0.05, 0) is 42.2 Å². The summed E-state index contributed by atoms with van der Waals surface area (Å²) in [6.45, 7) is 11.1. The quantitative estimate of drug-likeness (QED) is 0.0142. The van der Waals surface area contributed by atoms with Gasteiger partial charge < -0.3 is 33.7 Å². The van der Waals surface area contributed by atoms with E-state index in [1.54, 1.807) is 44.2 Å². The maximum Gasteiger partial charge on any atom is 0.475 e. The number of nitrogens with one attached hydrogen (secondary N) is 3. The summed E-state index contributed by atoms with van der Waals surface area (Å²) in [5.74, 6) is -2.51. The highest BCUT2D eigenvalue weighted by molar-refractivity contribution is 7.48. The molecule has 0 bridgehead atoms. The average molecular weight is 1070 g/mol. The van der Waals surface area contributed by atoms with Gasteiger partial charge in [0.05, 0.1) is 51.1 Å². The Morgan fingerprint density at radius 1 is 1.03 bits per heavy atom. The highest BCUT2D eigenvalue weighted by Crippen LogP contribution is 2.56. The molecule has 28 nitrogen and oxygen atoms in total. The number of nitrogens with zero attached hydrogens (tertiary/aromatic N) is 11. The topological polar surface area (TPSA) is 377 Å². The van der Waals surface area contributed by atoms with E-state index in [0.717, 1.165) is 0 Å². The van der Waals surface area contributed by atoms with Crippen molar-refractivity contribution in [3.63, 3.8) is 0 Å². The Balaban J connectivity index is 1.26. The molecule has 0 aliphatic carbocycles. The highest BCUT2D eigenvalue weighted by atomic mass is 31.2. The summed E-state index contributed by atoms with van der Waals surface area (Å²) < 4.78 is 74.4. The Morgan fingerprint density at radius 2 is 1.71 bits per heavy atom. The van der Waals surface area contributed by atoms with E-state index in [2.05, 4.69) is 50.6 Å². The number of rotatable bonds is 22. The summed E-state index contributed by atoms with van der Waals surface area (Å²) in [5.41, 5.74) is 8.80. The van der Waals surface area contributed by atoms with Gasteiger partial charge >= 0.3 is 16.1 Å². The SMILES string of the molecule is CC(C)C(=O)Nc1nc2c(ncn2[C@@H]2O[C@H](CO)[C@@H](CCN=[N+]=[N-])[C@H]2OP(=O)(OCCC#N)OC[C@H]2O[C@@H](n3cnc4c(NC(=O)c5ccccc5)ncnc43)[C@H](O[Si](C)(C)C(C)(C)C)[C@@H]2O[PH](=O)O)c(=O)[nH]1. The van der Waals surface area contributed by atoms with Gasteiger partial charge in [-0.25, -0.2) is 24.5 Å². The first kappa shape index (κ1) is 54.9. The van der Waals surface area contributed by atoms with E-state index in [9.17, 15) is 34.2 Å². The number of nitriles is 1. The van der Waals surface area contributed by atoms with Crippen molar-refractivity contribution in [2.24, 2.45) is 17.0 Å². The van der Waals surface area contributed by atoms with Crippen molar-refractivity contribution in [3.05, 3.63) is 75.7 Å². The van der Waals surface area contributed by atoms with Gasteiger partial charge in [-0.1, -0.05) is 57.9 Å². The van der Waals surface area contributed by atoms with Gasteiger partial charge in [0, 0.05) is 28.9 Å². The van der Waals surface area contributed by atoms with Crippen LogP contribution in [0.15, 0.2) is 59.2 Å². The Morgan fingerprint density at radius 3 is 2.37 bits per heavy atom. The smallest absolute Gasteiger partial charge is 0.407 e. The first-order valence-corrected chi connectivity index (χ1v) is 28.6. The number of fused-ring (bicyclic) bond motifs is 2. The molecule has 2 saturated heterocycles. The van der Waals surface area contributed by atoms with Crippen LogP contribution in [-0.2, 0) is 45.9 Å². The molecular formula is C42H56N14O14P2Si. The van der Waals surface area contributed by atoms with E-state index in [1.807, 2.05) is 39.9 Å². The van der Waals surface area contributed by atoms with Crippen LogP contribution in [0.4, 0.5) is 11.8 Å². The number of azide groups is 1. The number of carbonyl (C=O) groups is 2. The lowest BCUT2D eigenvalue weighted by Crippen LogP contribution is -2.49. The van der Waals surface area contributed by atoms with Gasteiger partial charge in [-0.2, -0.15) is 10.2 Å². The summed E-state index contributed by atoms with van der Waals surface area (Å²) in [4.78, 5) is 76.6. The number of phosphoric acid groups is 1. The van der Waals surface area contributed by atoms with E-state index in [-0.39, 0.29) is 53.5 Å². The largest absolute Gasteiger partial charge is 0.475 e. The number of ether oxygens (including phenoxy) is 2. The summed E-state index contributed by atoms with van der Waals surface area (Å²) in [7, 11) is -11.6. The van der Waals surface area contributed by atoms with Crippen molar-refractivity contribution in [3.8, 4) is 6.07 Å². The predicted octanol–water partition coefficient (Wildman–Crippen LogP) is 5.51. The van der Waals surface area contributed by atoms with Crippen molar-refractivity contribution >= 4 is 70.3 Å². The van der Waals surface area contributed by atoms with Gasteiger partial charge in [0.15, 0.2) is 48.9 Å². The van der Waals surface area contributed by atoms with Crippen molar-refractivity contribution in [2.75, 3.05) is 37.0 Å². The fourth-order valence-electron chi connectivity index (χ4n) is 7.83. The number of aromatic amines is 1. The van der Waals surface area contributed by atoms with Crippen LogP contribution in [0.3, 0.4) is 0 Å². The van der Waals surface area contributed by atoms with Crippen molar-refractivity contribution in [1.29, 1.82) is 5.26 Å².